The second-order valence-corrected chi connectivity index (χ2v) is 7.01. The number of rotatable bonds is 5. The molecule has 1 atom stereocenters. The van der Waals surface area contributed by atoms with Crippen LogP contribution in [0.5, 0.6) is 5.75 Å². The van der Waals surface area contributed by atoms with Crippen LogP contribution in [0.1, 0.15) is 19.8 Å². The molecule has 1 saturated heterocycles. The molecule has 128 valence electrons. The monoisotopic (exact) mass is 347 g/mol. The molecule has 0 radical (unpaired) electrons. The summed E-state index contributed by atoms with van der Waals surface area (Å²) in [5, 5.41) is 8.58. The standard InChI is InChI=1S/C16H21N5O2S/c1-11(15(22)20-9-3-4-10-20)24-16-19-18-14(21(16)17)12-5-7-13(23-2)8-6-12/h5-8,11H,3-4,9-10,17H2,1-2H3/t11-/m1/s1. The lowest BCUT2D eigenvalue weighted by atomic mass is 10.2. The van der Waals surface area contributed by atoms with Crippen molar-refractivity contribution in [3.8, 4) is 17.1 Å². The number of amides is 1. The van der Waals surface area contributed by atoms with Crippen LogP contribution in [0.15, 0.2) is 29.4 Å². The molecule has 0 bridgehead atoms. The molecule has 0 unspecified atom stereocenters. The summed E-state index contributed by atoms with van der Waals surface area (Å²) < 4.78 is 6.58. The van der Waals surface area contributed by atoms with Crippen LogP contribution in [0.3, 0.4) is 0 Å². The van der Waals surface area contributed by atoms with Gasteiger partial charge in [-0.25, -0.2) is 4.68 Å². The Morgan fingerprint density at radius 1 is 1.25 bits per heavy atom. The van der Waals surface area contributed by atoms with E-state index in [1.54, 1.807) is 7.11 Å². The first-order chi connectivity index (χ1) is 11.6. The Balaban J connectivity index is 1.73. The number of hydrogen-bond acceptors (Lipinski definition) is 6. The zero-order valence-electron chi connectivity index (χ0n) is 13.8. The fourth-order valence-electron chi connectivity index (χ4n) is 2.70. The lowest BCUT2D eigenvalue weighted by Gasteiger charge is -2.19. The molecule has 2 aromatic rings. The van der Waals surface area contributed by atoms with Gasteiger partial charge < -0.3 is 15.5 Å². The minimum atomic E-state index is -0.238. The number of thioether (sulfide) groups is 1. The molecule has 1 fully saturated rings. The van der Waals surface area contributed by atoms with Gasteiger partial charge in [0, 0.05) is 18.7 Å². The van der Waals surface area contributed by atoms with Crippen LogP contribution in [0.4, 0.5) is 0 Å². The van der Waals surface area contributed by atoms with E-state index in [1.807, 2.05) is 36.1 Å². The van der Waals surface area contributed by atoms with Crippen LogP contribution in [0.25, 0.3) is 11.4 Å². The van der Waals surface area contributed by atoms with Gasteiger partial charge in [0.2, 0.25) is 11.1 Å². The normalized spacial score (nSPS) is 15.5. The van der Waals surface area contributed by atoms with E-state index >= 15 is 0 Å². The molecule has 1 aromatic carbocycles. The van der Waals surface area contributed by atoms with Crippen molar-refractivity contribution in [1.29, 1.82) is 0 Å². The highest BCUT2D eigenvalue weighted by atomic mass is 32.2. The second-order valence-electron chi connectivity index (χ2n) is 5.70. The number of benzene rings is 1. The van der Waals surface area contributed by atoms with Gasteiger partial charge in [0.25, 0.3) is 0 Å². The first-order valence-corrected chi connectivity index (χ1v) is 8.78. The summed E-state index contributed by atoms with van der Waals surface area (Å²) in [7, 11) is 1.62. The van der Waals surface area contributed by atoms with Gasteiger partial charge in [-0.1, -0.05) is 11.8 Å². The van der Waals surface area contributed by atoms with E-state index in [1.165, 1.54) is 16.4 Å². The van der Waals surface area contributed by atoms with Gasteiger partial charge in [-0.3, -0.25) is 4.79 Å². The van der Waals surface area contributed by atoms with E-state index in [0.717, 1.165) is 37.2 Å². The molecule has 2 heterocycles. The third-order valence-electron chi connectivity index (χ3n) is 4.06. The van der Waals surface area contributed by atoms with Gasteiger partial charge in [0.1, 0.15) is 5.75 Å². The largest absolute Gasteiger partial charge is 0.497 e. The Morgan fingerprint density at radius 2 is 1.92 bits per heavy atom. The Bertz CT molecular complexity index is 710. The van der Waals surface area contributed by atoms with Gasteiger partial charge in [-0.15, -0.1) is 10.2 Å². The molecule has 7 nitrogen and oxygen atoms in total. The van der Waals surface area contributed by atoms with Crippen molar-refractivity contribution in [3.05, 3.63) is 24.3 Å². The molecule has 24 heavy (non-hydrogen) atoms. The number of nitrogens with two attached hydrogens (primary N) is 1. The van der Waals surface area contributed by atoms with Crippen LogP contribution in [0, 0.1) is 0 Å². The molecule has 1 amide bonds. The van der Waals surface area contributed by atoms with Crippen LogP contribution in [-0.4, -0.2) is 51.1 Å². The van der Waals surface area contributed by atoms with Gasteiger partial charge in [0.15, 0.2) is 5.82 Å². The number of likely N-dealkylation sites (tertiary alicyclic amines) is 1. The van der Waals surface area contributed by atoms with E-state index in [9.17, 15) is 4.79 Å². The minimum Gasteiger partial charge on any atom is -0.497 e. The Labute approximate surface area is 145 Å². The highest BCUT2D eigenvalue weighted by Crippen LogP contribution is 2.27. The fourth-order valence-corrected chi connectivity index (χ4v) is 3.55. The Hall–Kier alpha value is -2.22. The molecule has 1 aromatic heterocycles. The van der Waals surface area contributed by atoms with Crippen molar-refractivity contribution < 1.29 is 9.53 Å². The molecule has 1 aliphatic rings. The molecule has 3 rings (SSSR count). The smallest absolute Gasteiger partial charge is 0.235 e. The van der Waals surface area contributed by atoms with Crippen molar-refractivity contribution in [1.82, 2.24) is 19.8 Å². The molecule has 0 saturated carbocycles. The van der Waals surface area contributed by atoms with Crippen molar-refractivity contribution in [2.24, 2.45) is 0 Å². The van der Waals surface area contributed by atoms with E-state index in [2.05, 4.69) is 10.2 Å². The van der Waals surface area contributed by atoms with Gasteiger partial charge in [-0.2, -0.15) is 0 Å². The molecule has 0 spiro atoms. The predicted octanol–water partition coefficient (Wildman–Crippen LogP) is 1.77. The van der Waals surface area contributed by atoms with Crippen molar-refractivity contribution >= 4 is 17.7 Å². The summed E-state index contributed by atoms with van der Waals surface area (Å²) in [6.07, 6.45) is 2.16. The zero-order valence-corrected chi connectivity index (χ0v) is 14.6. The fraction of sp³-hybridized carbons (Fsp3) is 0.438. The van der Waals surface area contributed by atoms with Crippen molar-refractivity contribution in [2.45, 2.75) is 30.2 Å². The topological polar surface area (TPSA) is 86.3 Å². The maximum atomic E-state index is 12.4. The van der Waals surface area contributed by atoms with Crippen LogP contribution in [-0.2, 0) is 4.79 Å². The summed E-state index contributed by atoms with van der Waals surface area (Å²) >= 11 is 1.34. The van der Waals surface area contributed by atoms with E-state index < -0.39 is 0 Å². The molecule has 2 N–H and O–H groups in total. The third-order valence-corrected chi connectivity index (χ3v) is 5.10. The number of hydrogen-bond donors (Lipinski definition) is 1. The predicted molar refractivity (Wildman–Crippen MR) is 93.3 cm³/mol. The lowest BCUT2D eigenvalue weighted by molar-refractivity contribution is -0.129. The van der Waals surface area contributed by atoms with Gasteiger partial charge in [0.05, 0.1) is 12.4 Å². The minimum absolute atomic E-state index is 0.131. The van der Waals surface area contributed by atoms with Crippen molar-refractivity contribution in [2.75, 3.05) is 26.0 Å². The van der Waals surface area contributed by atoms with E-state index in [-0.39, 0.29) is 11.2 Å². The summed E-state index contributed by atoms with van der Waals surface area (Å²) in [5.74, 6) is 7.58. The number of nitrogen functional groups attached to an aromatic ring is 1. The third kappa shape index (κ3) is 3.33. The highest BCUT2D eigenvalue weighted by molar-refractivity contribution is 8.00. The Morgan fingerprint density at radius 3 is 2.54 bits per heavy atom. The Kier molecular flexibility index (Phi) is 4.94. The average molecular weight is 347 g/mol. The number of methoxy groups -OCH3 is 1. The van der Waals surface area contributed by atoms with Crippen molar-refractivity contribution in [3.63, 3.8) is 0 Å². The number of carbonyl (C=O) groups excluding carboxylic acids is 1. The first-order valence-electron chi connectivity index (χ1n) is 7.90. The summed E-state index contributed by atoms with van der Waals surface area (Å²) in [6, 6.07) is 7.44. The number of ether oxygens (including phenoxy) is 1. The van der Waals surface area contributed by atoms with Crippen LogP contribution in [0.2, 0.25) is 0 Å². The molecular formula is C16H21N5O2S. The highest BCUT2D eigenvalue weighted by Gasteiger charge is 2.26. The number of nitrogens with zero attached hydrogens (tertiary/aromatic N) is 4. The quantitative estimate of drug-likeness (QED) is 0.655. The summed E-state index contributed by atoms with van der Waals surface area (Å²) in [5.41, 5.74) is 0.844. The van der Waals surface area contributed by atoms with E-state index in [0.29, 0.717) is 11.0 Å². The molecule has 1 aliphatic heterocycles. The molecular weight excluding hydrogens is 326 g/mol. The zero-order chi connectivity index (χ0) is 17.1. The maximum Gasteiger partial charge on any atom is 0.235 e. The SMILES string of the molecule is COc1ccc(-c2nnc(S[C@H](C)C(=O)N3CCCC3)n2N)cc1. The lowest BCUT2D eigenvalue weighted by Crippen LogP contribution is -2.34. The summed E-state index contributed by atoms with van der Waals surface area (Å²) in [4.78, 5) is 14.3. The molecule has 0 aliphatic carbocycles. The van der Waals surface area contributed by atoms with Crippen LogP contribution < -0.4 is 10.6 Å². The van der Waals surface area contributed by atoms with E-state index in [4.69, 9.17) is 10.6 Å². The first kappa shape index (κ1) is 16.6. The number of carbonyl (C=O) groups is 1. The summed E-state index contributed by atoms with van der Waals surface area (Å²) in [6.45, 7) is 3.57. The molecule has 8 heteroatoms. The average Bonchev–Trinajstić information content (AvgIpc) is 3.25. The second kappa shape index (κ2) is 7.12. The van der Waals surface area contributed by atoms with Gasteiger partial charge in [-0.05, 0) is 44.0 Å². The van der Waals surface area contributed by atoms with Gasteiger partial charge >= 0.3 is 0 Å². The van der Waals surface area contributed by atoms with Crippen LogP contribution >= 0.6 is 11.8 Å². The number of aromatic nitrogens is 3. The maximum absolute atomic E-state index is 12.4.